The standard InChI is InChI=1S/C15H16F10O8S/c1-8(2)9(26)33-13(14(21,22)23,10(27)31-7-5-12(18,19)20)32-6-3-4-11(16,17)15(24,25)34(28,29)30/h1,3-7H2,2H3,(H,28,29,30). The van der Waals surface area contributed by atoms with Crippen molar-refractivity contribution in [1.82, 2.24) is 0 Å². The number of rotatable bonds is 12. The van der Waals surface area contributed by atoms with Gasteiger partial charge in [-0.2, -0.15) is 52.3 Å². The number of alkyl halides is 10. The molecule has 0 fully saturated rings. The highest BCUT2D eigenvalue weighted by atomic mass is 32.2. The Balaban J connectivity index is 5.81. The SMILES string of the molecule is C=C(C)C(=O)OC(OCCCC(F)(F)C(F)(F)S(=O)(=O)O)(C(=O)OCCC(F)(F)F)C(F)(F)F. The van der Waals surface area contributed by atoms with Gasteiger partial charge < -0.3 is 14.2 Å². The Morgan fingerprint density at radius 3 is 1.79 bits per heavy atom. The summed E-state index contributed by atoms with van der Waals surface area (Å²) in [5.74, 6) is -15.1. The molecule has 34 heavy (non-hydrogen) atoms. The second-order valence-corrected chi connectivity index (χ2v) is 7.90. The van der Waals surface area contributed by atoms with E-state index in [1.54, 1.807) is 0 Å². The van der Waals surface area contributed by atoms with Crippen LogP contribution >= 0.6 is 0 Å². The first kappa shape index (κ1) is 31.9. The maximum Gasteiger partial charge on any atom is 0.468 e. The quantitative estimate of drug-likeness (QED) is 0.0983. The number of halogens is 10. The zero-order chi connectivity index (χ0) is 27.4. The lowest BCUT2D eigenvalue weighted by Gasteiger charge is -2.32. The van der Waals surface area contributed by atoms with Crippen molar-refractivity contribution >= 4 is 22.1 Å². The molecule has 19 heteroatoms. The number of hydrogen-bond donors (Lipinski definition) is 1. The van der Waals surface area contributed by atoms with Crippen LogP contribution in [0.4, 0.5) is 43.9 Å². The van der Waals surface area contributed by atoms with Crippen molar-refractivity contribution < 1.29 is 80.7 Å². The highest BCUT2D eigenvalue weighted by Crippen LogP contribution is 2.42. The van der Waals surface area contributed by atoms with Crippen molar-refractivity contribution in [2.75, 3.05) is 13.2 Å². The minimum Gasteiger partial charge on any atom is -0.460 e. The first-order valence-electron chi connectivity index (χ1n) is 8.47. The van der Waals surface area contributed by atoms with Gasteiger partial charge in [-0.05, 0) is 13.3 Å². The Morgan fingerprint density at radius 1 is 0.912 bits per heavy atom. The predicted molar refractivity (Wildman–Crippen MR) is 88.0 cm³/mol. The molecule has 200 valence electrons. The van der Waals surface area contributed by atoms with Gasteiger partial charge in [-0.3, -0.25) is 4.55 Å². The summed E-state index contributed by atoms with van der Waals surface area (Å²) in [4.78, 5) is 23.5. The molecule has 0 heterocycles. The lowest BCUT2D eigenvalue weighted by molar-refractivity contribution is -0.355. The van der Waals surface area contributed by atoms with Gasteiger partial charge in [0, 0.05) is 12.0 Å². The van der Waals surface area contributed by atoms with Crippen LogP contribution in [0.15, 0.2) is 12.2 Å². The molecule has 8 nitrogen and oxygen atoms in total. The predicted octanol–water partition coefficient (Wildman–Crippen LogP) is 3.77. The van der Waals surface area contributed by atoms with E-state index in [0.29, 0.717) is 0 Å². The van der Waals surface area contributed by atoms with Gasteiger partial charge in [0.2, 0.25) is 0 Å². The van der Waals surface area contributed by atoms with E-state index in [9.17, 15) is 61.9 Å². The van der Waals surface area contributed by atoms with Crippen LogP contribution in [0.3, 0.4) is 0 Å². The van der Waals surface area contributed by atoms with Gasteiger partial charge >= 0.3 is 51.4 Å². The summed E-state index contributed by atoms with van der Waals surface area (Å²) < 4.78 is 171. The molecule has 0 amide bonds. The van der Waals surface area contributed by atoms with E-state index in [2.05, 4.69) is 20.8 Å². The van der Waals surface area contributed by atoms with Crippen molar-refractivity contribution in [3.05, 3.63) is 12.2 Å². The molecule has 0 rings (SSSR count). The summed E-state index contributed by atoms with van der Waals surface area (Å²) in [6.45, 7) is 0.182. The number of carbonyl (C=O) groups excluding carboxylic acids is 2. The minimum atomic E-state index is -6.66. The number of esters is 2. The van der Waals surface area contributed by atoms with Crippen molar-refractivity contribution in [1.29, 1.82) is 0 Å². The fourth-order valence-corrected chi connectivity index (χ4v) is 2.28. The minimum absolute atomic E-state index is 0.774. The molecule has 0 aromatic rings. The number of ether oxygens (including phenoxy) is 3. The molecule has 0 spiro atoms. The monoisotopic (exact) mass is 546 g/mol. The Bertz CT molecular complexity index is 865. The summed E-state index contributed by atoms with van der Waals surface area (Å²) in [7, 11) is -6.66. The van der Waals surface area contributed by atoms with Crippen LogP contribution in [-0.4, -0.2) is 67.4 Å². The van der Waals surface area contributed by atoms with E-state index >= 15 is 0 Å². The molecule has 0 bridgehead atoms. The van der Waals surface area contributed by atoms with Crippen LogP contribution < -0.4 is 0 Å². The summed E-state index contributed by atoms with van der Waals surface area (Å²) >= 11 is 0. The van der Waals surface area contributed by atoms with Crippen molar-refractivity contribution in [2.24, 2.45) is 0 Å². The van der Waals surface area contributed by atoms with E-state index < -0.39 is 89.4 Å². The van der Waals surface area contributed by atoms with Gasteiger partial charge in [-0.1, -0.05) is 6.58 Å². The Morgan fingerprint density at radius 2 is 1.41 bits per heavy atom. The molecule has 1 unspecified atom stereocenters. The molecule has 0 aliphatic heterocycles. The first-order chi connectivity index (χ1) is 14.9. The highest BCUT2D eigenvalue weighted by molar-refractivity contribution is 7.87. The van der Waals surface area contributed by atoms with Crippen LogP contribution in [-0.2, 0) is 33.9 Å². The molecule has 0 aliphatic rings. The molecule has 1 N–H and O–H groups in total. The number of carbonyl (C=O) groups is 2. The van der Waals surface area contributed by atoms with Crippen LogP contribution in [0.25, 0.3) is 0 Å². The van der Waals surface area contributed by atoms with E-state index in [1.165, 1.54) is 0 Å². The van der Waals surface area contributed by atoms with Crippen LogP contribution in [0.2, 0.25) is 0 Å². The second kappa shape index (κ2) is 10.6. The third kappa shape index (κ3) is 7.97. The smallest absolute Gasteiger partial charge is 0.460 e. The zero-order valence-electron chi connectivity index (χ0n) is 16.7. The maximum absolute atomic E-state index is 13.6. The molecule has 0 radical (unpaired) electrons. The van der Waals surface area contributed by atoms with Gasteiger partial charge in [-0.25, -0.2) is 9.59 Å². The first-order valence-corrected chi connectivity index (χ1v) is 9.91. The second-order valence-electron chi connectivity index (χ2n) is 6.43. The van der Waals surface area contributed by atoms with Crippen LogP contribution in [0, 0.1) is 0 Å². The average Bonchev–Trinajstić information content (AvgIpc) is 2.60. The Kier molecular flexibility index (Phi) is 9.96. The largest absolute Gasteiger partial charge is 0.468 e. The van der Waals surface area contributed by atoms with Crippen molar-refractivity contribution in [3.63, 3.8) is 0 Å². The van der Waals surface area contributed by atoms with Crippen LogP contribution in [0.5, 0.6) is 0 Å². The van der Waals surface area contributed by atoms with Gasteiger partial charge in [0.25, 0.3) is 0 Å². The molecule has 0 aliphatic carbocycles. The topological polar surface area (TPSA) is 116 Å². The van der Waals surface area contributed by atoms with E-state index in [4.69, 9.17) is 4.55 Å². The molecule has 1 atom stereocenters. The molecule has 0 saturated carbocycles. The van der Waals surface area contributed by atoms with Crippen molar-refractivity contribution in [2.45, 2.75) is 55.5 Å². The molecule has 0 aromatic heterocycles. The lowest BCUT2D eigenvalue weighted by Crippen LogP contribution is -2.58. The van der Waals surface area contributed by atoms with Gasteiger partial charge in [0.15, 0.2) is 0 Å². The summed E-state index contributed by atoms with van der Waals surface area (Å²) in [6, 6.07) is 0. The van der Waals surface area contributed by atoms with E-state index in [0.717, 1.165) is 6.92 Å². The lowest BCUT2D eigenvalue weighted by atomic mass is 10.2. The van der Waals surface area contributed by atoms with E-state index in [-0.39, 0.29) is 0 Å². The molecule has 0 saturated heterocycles. The molecular weight excluding hydrogens is 530 g/mol. The zero-order valence-corrected chi connectivity index (χ0v) is 17.6. The van der Waals surface area contributed by atoms with Crippen molar-refractivity contribution in [3.8, 4) is 0 Å². The third-order valence-corrected chi connectivity index (χ3v) is 4.48. The Labute approximate surface area is 184 Å². The van der Waals surface area contributed by atoms with E-state index in [1.807, 2.05) is 0 Å². The fourth-order valence-electron chi connectivity index (χ4n) is 1.80. The summed E-state index contributed by atoms with van der Waals surface area (Å²) in [5, 5.41) is -6.07. The van der Waals surface area contributed by atoms with Gasteiger partial charge in [0.05, 0.1) is 13.0 Å². The fraction of sp³-hybridized carbons (Fsp3) is 0.733. The third-order valence-electron chi connectivity index (χ3n) is 3.54. The maximum atomic E-state index is 13.6. The molecular formula is C15H16F10O8S. The highest BCUT2D eigenvalue weighted by Gasteiger charge is 2.68. The van der Waals surface area contributed by atoms with Gasteiger partial charge in [-0.15, -0.1) is 0 Å². The summed E-state index contributed by atoms with van der Waals surface area (Å²) in [6.07, 6.45) is -16.9. The molecule has 0 aromatic carbocycles. The average molecular weight is 546 g/mol. The van der Waals surface area contributed by atoms with Gasteiger partial charge in [0.1, 0.15) is 6.61 Å². The Hall–Kier alpha value is -2.15. The number of hydrogen-bond acceptors (Lipinski definition) is 7. The van der Waals surface area contributed by atoms with Crippen LogP contribution in [0.1, 0.15) is 26.2 Å². The summed E-state index contributed by atoms with van der Waals surface area (Å²) in [5.41, 5.74) is -0.792. The normalized spacial score (nSPS) is 15.4.